The maximum absolute atomic E-state index is 6.11. The zero-order chi connectivity index (χ0) is 14.7. The fourth-order valence-electron chi connectivity index (χ4n) is 5.80. The molecule has 0 spiro atoms. The van der Waals surface area contributed by atoms with Crippen LogP contribution >= 0.6 is 0 Å². The largest absolute Gasteiger partial charge is 0.374 e. The van der Waals surface area contributed by atoms with E-state index < -0.39 is 0 Å². The molecule has 2 saturated carbocycles. The van der Waals surface area contributed by atoms with Crippen LogP contribution in [0.15, 0.2) is 0 Å². The van der Waals surface area contributed by atoms with Crippen LogP contribution in [0.4, 0.5) is 0 Å². The van der Waals surface area contributed by atoms with E-state index >= 15 is 0 Å². The quantitative estimate of drug-likeness (QED) is 0.865. The average molecular weight is 292 g/mol. The van der Waals surface area contributed by atoms with Crippen LogP contribution in [0.25, 0.3) is 0 Å². The highest BCUT2D eigenvalue weighted by molar-refractivity contribution is 5.13. The number of nitrogens with one attached hydrogen (secondary N) is 1. The van der Waals surface area contributed by atoms with Gasteiger partial charge in [0, 0.05) is 25.2 Å². The molecule has 0 aromatic rings. The smallest absolute Gasteiger partial charge is 0.0827 e. The topological polar surface area (TPSA) is 24.5 Å². The van der Waals surface area contributed by atoms with Gasteiger partial charge in [-0.25, -0.2) is 0 Å². The Morgan fingerprint density at radius 1 is 1.24 bits per heavy atom. The number of fused-ring (bicyclic) bond motifs is 3. The lowest BCUT2D eigenvalue weighted by Gasteiger charge is -2.41. The lowest BCUT2D eigenvalue weighted by Crippen LogP contribution is -2.52. The summed E-state index contributed by atoms with van der Waals surface area (Å²) < 4.78 is 6.11. The summed E-state index contributed by atoms with van der Waals surface area (Å²) in [6.45, 7) is 12.0. The predicted molar refractivity (Wildman–Crippen MR) is 85.4 cm³/mol. The molecule has 120 valence electrons. The van der Waals surface area contributed by atoms with E-state index in [1.165, 1.54) is 38.6 Å². The summed E-state index contributed by atoms with van der Waals surface area (Å²) >= 11 is 0. The molecule has 5 unspecified atom stereocenters. The Balaban J connectivity index is 1.34. The number of morpholine rings is 1. The van der Waals surface area contributed by atoms with Crippen molar-refractivity contribution >= 4 is 0 Å². The van der Waals surface area contributed by atoms with Crippen molar-refractivity contribution in [2.45, 2.75) is 71.1 Å². The van der Waals surface area contributed by atoms with Gasteiger partial charge in [-0.2, -0.15) is 0 Å². The Kier molecular flexibility index (Phi) is 3.40. The second-order valence-corrected chi connectivity index (χ2v) is 8.82. The van der Waals surface area contributed by atoms with Crippen LogP contribution in [-0.4, -0.2) is 49.3 Å². The summed E-state index contributed by atoms with van der Waals surface area (Å²) in [5.41, 5.74) is 1.00. The third-order valence-corrected chi connectivity index (χ3v) is 7.85. The van der Waals surface area contributed by atoms with E-state index in [4.69, 9.17) is 4.74 Å². The Bertz CT molecular complexity index is 410. The van der Waals surface area contributed by atoms with Crippen molar-refractivity contribution in [2.24, 2.45) is 16.7 Å². The van der Waals surface area contributed by atoms with Gasteiger partial charge < -0.3 is 10.1 Å². The summed E-state index contributed by atoms with van der Waals surface area (Å²) in [4.78, 5) is 2.66. The van der Waals surface area contributed by atoms with E-state index in [-0.39, 0.29) is 0 Å². The van der Waals surface area contributed by atoms with Crippen LogP contribution in [-0.2, 0) is 4.74 Å². The first-order chi connectivity index (χ1) is 10.0. The van der Waals surface area contributed by atoms with E-state index in [1.807, 2.05) is 0 Å². The second-order valence-electron chi connectivity index (χ2n) is 8.82. The minimum Gasteiger partial charge on any atom is -0.374 e. The van der Waals surface area contributed by atoms with Gasteiger partial charge in [0.15, 0.2) is 0 Å². The Labute approximate surface area is 129 Å². The lowest BCUT2D eigenvalue weighted by molar-refractivity contribution is -0.0498. The van der Waals surface area contributed by atoms with Crippen LogP contribution < -0.4 is 5.32 Å². The van der Waals surface area contributed by atoms with Crippen LogP contribution in [0.2, 0.25) is 0 Å². The maximum Gasteiger partial charge on any atom is 0.0827 e. The van der Waals surface area contributed by atoms with Gasteiger partial charge in [-0.1, -0.05) is 20.8 Å². The van der Waals surface area contributed by atoms with Gasteiger partial charge in [0.1, 0.15) is 0 Å². The van der Waals surface area contributed by atoms with Crippen molar-refractivity contribution in [1.29, 1.82) is 0 Å². The molecule has 0 radical (unpaired) electrons. The number of rotatable bonds is 3. The summed E-state index contributed by atoms with van der Waals surface area (Å²) in [5.74, 6) is 0.926. The third-order valence-electron chi connectivity index (χ3n) is 7.85. The summed E-state index contributed by atoms with van der Waals surface area (Å²) in [5, 5.41) is 3.91. The van der Waals surface area contributed by atoms with Gasteiger partial charge in [0.05, 0.1) is 12.7 Å². The molecule has 4 rings (SSSR count). The molecule has 4 fully saturated rings. The van der Waals surface area contributed by atoms with Gasteiger partial charge in [-0.3, -0.25) is 4.90 Å². The summed E-state index contributed by atoms with van der Waals surface area (Å²) in [6, 6.07) is 1.42. The van der Waals surface area contributed by atoms with Crippen LogP contribution in [0.1, 0.15) is 52.9 Å². The first-order valence-electron chi connectivity index (χ1n) is 9.10. The van der Waals surface area contributed by atoms with Gasteiger partial charge in [0.2, 0.25) is 0 Å². The van der Waals surface area contributed by atoms with Gasteiger partial charge in [-0.05, 0) is 55.4 Å². The average Bonchev–Trinajstić information content (AvgIpc) is 3.06. The monoisotopic (exact) mass is 292 g/mol. The van der Waals surface area contributed by atoms with Crippen LogP contribution in [0.5, 0.6) is 0 Å². The van der Waals surface area contributed by atoms with Crippen LogP contribution in [0.3, 0.4) is 0 Å². The van der Waals surface area contributed by atoms with E-state index in [0.29, 0.717) is 23.0 Å². The van der Waals surface area contributed by atoms with E-state index in [9.17, 15) is 0 Å². The minimum absolute atomic E-state index is 0.408. The SMILES string of the molecule is CC1(C)C2CCC1(C)C(NCC1CN3CCCC3CO1)C2. The Morgan fingerprint density at radius 2 is 2.10 bits per heavy atom. The first kappa shape index (κ1) is 14.5. The maximum atomic E-state index is 6.11. The zero-order valence-corrected chi connectivity index (χ0v) is 14.0. The van der Waals surface area contributed by atoms with Crippen molar-refractivity contribution in [2.75, 3.05) is 26.2 Å². The predicted octanol–water partition coefficient (Wildman–Crippen LogP) is 2.65. The molecule has 21 heavy (non-hydrogen) atoms. The van der Waals surface area contributed by atoms with Crippen molar-refractivity contribution < 1.29 is 4.74 Å². The van der Waals surface area contributed by atoms with E-state index in [0.717, 1.165) is 31.7 Å². The lowest BCUT2D eigenvalue weighted by atomic mass is 9.69. The zero-order valence-electron chi connectivity index (χ0n) is 14.0. The van der Waals surface area contributed by atoms with Crippen molar-refractivity contribution in [3.05, 3.63) is 0 Å². The van der Waals surface area contributed by atoms with Crippen molar-refractivity contribution in [3.8, 4) is 0 Å². The minimum atomic E-state index is 0.408. The third kappa shape index (κ3) is 2.11. The molecule has 2 aliphatic heterocycles. The highest BCUT2D eigenvalue weighted by Crippen LogP contribution is 2.65. The molecule has 2 heterocycles. The van der Waals surface area contributed by atoms with Gasteiger partial charge in [-0.15, -0.1) is 0 Å². The normalized spacial score (nSPS) is 48.7. The highest BCUT2D eigenvalue weighted by atomic mass is 16.5. The standard InChI is InChI=1S/C18H32N2O/c1-17(2)13-6-7-18(17,3)16(9-13)19-10-15-11-20-8-4-5-14(20)12-21-15/h13-16,19H,4-12H2,1-3H3. The second kappa shape index (κ2) is 4.94. The summed E-state index contributed by atoms with van der Waals surface area (Å²) in [6.07, 6.45) is 7.34. The number of hydrogen-bond donors (Lipinski definition) is 1. The molecule has 2 aliphatic carbocycles. The molecular weight excluding hydrogens is 260 g/mol. The molecule has 5 atom stereocenters. The van der Waals surface area contributed by atoms with Gasteiger partial charge >= 0.3 is 0 Å². The van der Waals surface area contributed by atoms with E-state index in [2.05, 4.69) is 31.0 Å². The van der Waals surface area contributed by atoms with Crippen molar-refractivity contribution in [1.82, 2.24) is 10.2 Å². The Morgan fingerprint density at radius 3 is 2.81 bits per heavy atom. The number of hydrogen-bond acceptors (Lipinski definition) is 3. The molecule has 0 aromatic carbocycles. The number of nitrogens with zero attached hydrogens (tertiary/aromatic N) is 1. The molecular formula is C18H32N2O. The fraction of sp³-hybridized carbons (Fsp3) is 1.00. The molecule has 2 saturated heterocycles. The molecule has 0 amide bonds. The Hall–Kier alpha value is -0.120. The van der Waals surface area contributed by atoms with Gasteiger partial charge in [0.25, 0.3) is 0 Å². The molecule has 4 aliphatic rings. The first-order valence-corrected chi connectivity index (χ1v) is 9.10. The van der Waals surface area contributed by atoms with E-state index in [1.54, 1.807) is 0 Å². The molecule has 0 aromatic heterocycles. The molecule has 2 bridgehead atoms. The highest BCUT2D eigenvalue weighted by Gasteiger charge is 2.61. The molecule has 1 N–H and O–H groups in total. The number of ether oxygens (including phenoxy) is 1. The van der Waals surface area contributed by atoms with Crippen molar-refractivity contribution in [3.63, 3.8) is 0 Å². The summed E-state index contributed by atoms with van der Waals surface area (Å²) in [7, 11) is 0. The molecule has 3 nitrogen and oxygen atoms in total. The van der Waals surface area contributed by atoms with Crippen LogP contribution in [0, 0.1) is 16.7 Å². The molecule has 3 heteroatoms. The fourth-order valence-corrected chi connectivity index (χ4v) is 5.80.